The van der Waals surface area contributed by atoms with Gasteiger partial charge < -0.3 is 9.84 Å². The van der Waals surface area contributed by atoms with Crippen molar-refractivity contribution in [1.29, 1.82) is 0 Å². The van der Waals surface area contributed by atoms with E-state index in [2.05, 4.69) is 0 Å². The Bertz CT molecular complexity index is 374. The average Bonchev–Trinajstić information content (AvgIpc) is 2.15. The van der Waals surface area contributed by atoms with E-state index < -0.39 is 23.3 Å². The maximum atomic E-state index is 13.1. The molecule has 1 aliphatic rings. The van der Waals surface area contributed by atoms with E-state index >= 15 is 0 Å². The summed E-state index contributed by atoms with van der Waals surface area (Å²) in [5, 5.41) is 9.58. The van der Waals surface area contributed by atoms with Gasteiger partial charge in [0.1, 0.15) is 11.6 Å². The normalized spacial score (nSPS) is 30.4. The molecule has 1 aliphatic heterocycles. The zero-order valence-corrected chi connectivity index (χ0v) is 9.04. The summed E-state index contributed by atoms with van der Waals surface area (Å²) in [5.74, 6) is -1.25. The van der Waals surface area contributed by atoms with Crippen LogP contribution in [0.3, 0.4) is 0 Å². The van der Waals surface area contributed by atoms with E-state index in [0.717, 1.165) is 6.07 Å². The fourth-order valence-corrected chi connectivity index (χ4v) is 2.09. The van der Waals surface area contributed by atoms with Crippen molar-refractivity contribution in [3.63, 3.8) is 0 Å². The third-order valence-electron chi connectivity index (χ3n) is 2.97. The molecule has 0 spiro atoms. The maximum absolute atomic E-state index is 13.1. The summed E-state index contributed by atoms with van der Waals surface area (Å²) in [6, 6.07) is 3.33. The van der Waals surface area contributed by atoms with Gasteiger partial charge in [0, 0.05) is 12.5 Å². The molecule has 1 heterocycles. The molecule has 0 saturated carbocycles. The molecule has 0 aliphatic carbocycles. The van der Waals surface area contributed by atoms with Crippen molar-refractivity contribution < 1.29 is 18.6 Å². The Morgan fingerprint density at radius 1 is 1.31 bits per heavy atom. The third-order valence-corrected chi connectivity index (χ3v) is 2.97. The highest BCUT2D eigenvalue weighted by molar-refractivity contribution is 5.24. The minimum atomic E-state index is -0.805. The predicted molar refractivity (Wildman–Crippen MR) is 54.9 cm³/mol. The Kier molecular flexibility index (Phi) is 2.95. The molecule has 88 valence electrons. The SMILES string of the molecule is CC1(c2cc(F)cc(F)c2)CC(O)CCO1. The minimum Gasteiger partial charge on any atom is -0.393 e. The number of rotatable bonds is 1. The Hall–Kier alpha value is -1.00. The van der Waals surface area contributed by atoms with E-state index in [0.29, 0.717) is 25.0 Å². The van der Waals surface area contributed by atoms with Crippen LogP contribution in [0.2, 0.25) is 0 Å². The molecule has 1 saturated heterocycles. The van der Waals surface area contributed by atoms with Crippen LogP contribution in [-0.4, -0.2) is 17.8 Å². The van der Waals surface area contributed by atoms with Crippen molar-refractivity contribution in [2.75, 3.05) is 6.61 Å². The Labute approximate surface area is 92.9 Å². The van der Waals surface area contributed by atoms with Crippen LogP contribution in [0.1, 0.15) is 25.3 Å². The van der Waals surface area contributed by atoms with Gasteiger partial charge in [0.15, 0.2) is 0 Å². The summed E-state index contributed by atoms with van der Waals surface area (Å²) < 4.78 is 31.7. The molecule has 2 rings (SSSR count). The van der Waals surface area contributed by atoms with Gasteiger partial charge in [-0.05, 0) is 31.0 Å². The predicted octanol–water partition coefficient (Wildman–Crippen LogP) is 2.35. The highest BCUT2D eigenvalue weighted by atomic mass is 19.1. The number of halogens is 2. The van der Waals surface area contributed by atoms with E-state index in [1.807, 2.05) is 0 Å². The number of hydrogen-bond donors (Lipinski definition) is 1. The van der Waals surface area contributed by atoms with Crippen LogP contribution in [0, 0.1) is 11.6 Å². The van der Waals surface area contributed by atoms with Crippen molar-refractivity contribution in [3.8, 4) is 0 Å². The molecular formula is C12H14F2O2. The fraction of sp³-hybridized carbons (Fsp3) is 0.500. The lowest BCUT2D eigenvalue weighted by Crippen LogP contribution is -2.37. The Morgan fingerprint density at radius 3 is 2.50 bits per heavy atom. The molecule has 1 aromatic rings. The van der Waals surface area contributed by atoms with Crippen LogP contribution in [0.15, 0.2) is 18.2 Å². The minimum absolute atomic E-state index is 0.357. The average molecular weight is 228 g/mol. The molecule has 4 heteroatoms. The summed E-state index contributed by atoms with van der Waals surface area (Å²) in [6.45, 7) is 2.14. The van der Waals surface area contributed by atoms with Gasteiger partial charge >= 0.3 is 0 Å². The summed E-state index contributed by atoms with van der Waals surface area (Å²) in [4.78, 5) is 0. The largest absolute Gasteiger partial charge is 0.393 e. The van der Waals surface area contributed by atoms with Crippen LogP contribution in [0.25, 0.3) is 0 Å². The van der Waals surface area contributed by atoms with Gasteiger partial charge in [0.05, 0.1) is 18.3 Å². The summed E-state index contributed by atoms with van der Waals surface area (Å²) in [6.07, 6.45) is 0.439. The fourth-order valence-electron chi connectivity index (χ4n) is 2.09. The van der Waals surface area contributed by atoms with Gasteiger partial charge in [-0.25, -0.2) is 8.78 Å². The molecule has 0 bridgehead atoms. The van der Waals surface area contributed by atoms with Crippen molar-refractivity contribution in [2.24, 2.45) is 0 Å². The molecule has 2 nitrogen and oxygen atoms in total. The number of ether oxygens (including phenoxy) is 1. The number of aliphatic hydroxyl groups is 1. The van der Waals surface area contributed by atoms with Crippen LogP contribution in [-0.2, 0) is 10.3 Å². The first-order chi connectivity index (χ1) is 7.49. The molecule has 1 N–H and O–H groups in total. The second kappa shape index (κ2) is 4.11. The molecule has 1 fully saturated rings. The molecular weight excluding hydrogens is 214 g/mol. The van der Waals surface area contributed by atoms with Crippen molar-refractivity contribution in [2.45, 2.75) is 31.5 Å². The van der Waals surface area contributed by atoms with Gasteiger partial charge in [0.2, 0.25) is 0 Å². The molecule has 2 unspecified atom stereocenters. The number of aliphatic hydroxyl groups excluding tert-OH is 1. The lowest BCUT2D eigenvalue weighted by Gasteiger charge is -2.36. The quantitative estimate of drug-likeness (QED) is 0.799. The van der Waals surface area contributed by atoms with E-state index in [1.165, 1.54) is 12.1 Å². The zero-order valence-electron chi connectivity index (χ0n) is 9.04. The van der Waals surface area contributed by atoms with Crippen molar-refractivity contribution in [3.05, 3.63) is 35.4 Å². The number of benzene rings is 1. The van der Waals surface area contributed by atoms with Gasteiger partial charge in [-0.15, -0.1) is 0 Å². The highest BCUT2D eigenvalue weighted by Crippen LogP contribution is 2.35. The monoisotopic (exact) mass is 228 g/mol. The molecule has 0 aromatic heterocycles. The summed E-state index contributed by atoms with van der Waals surface area (Å²) in [7, 11) is 0. The van der Waals surface area contributed by atoms with Gasteiger partial charge in [0.25, 0.3) is 0 Å². The van der Waals surface area contributed by atoms with Crippen LogP contribution >= 0.6 is 0 Å². The van der Waals surface area contributed by atoms with Crippen LogP contribution < -0.4 is 0 Å². The van der Waals surface area contributed by atoms with E-state index in [1.54, 1.807) is 6.92 Å². The topological polar surface area (TPSA) is 29.5 Å². The molecule has 2 atom stereocenters. The van der Waals surface area contributed by atoms with E-state index in [-0.39, 0.29) is 0 Å². The second-order valence-electron chi connectivity index (χ2n) is 4.38. The van der Waals surface area contributed by atoms with Crippen LogP contribution in [0.4, 0.5) is 8.78 Å². The third kappa shape index (κ3) is 2.23. The van der Waals surface area contributed by atoms with Gasteiger partial charge in [-0.2, -0.15) is 0 Å². The summed E-state index contributed by atoms with van der Waals surface area (Å²) >= 11 is 0. The van der Waals surface area contributed by atoms with Gasteiger partial charge in [-0.1, -0.05) is 0 Å². The molecule has 16 heavy (non-hydrogen) atoms. The lowest BCUT2D eigenvalue weighted by atomic mass is 9.87. The van der Waals surface area contributed by atoms with E-state index in [4.69, 9.17) is 4.74 Å². The molecule has 0 radical (unpaired) electrons. The van der Waals surface area contributed by atoms with Gasteiger partial charge in [-0.3, -0.25) is 0 Å². The molecule has 0 amide bonds. The second-order valence-corrected chi connectivity index (χ2v) is 4.38. The lowest BCUT2D eigenvalue weighted by molar-refractivity contribution is -0.112. The van der Waals surface area contributed by atoms with E-state index in [9.17, 15) is 13.9 Å². The Morgan fingerprint density at radius 2 is 1.94 bits per heavy atom. The smallest absolute Gasteiger partial charge is 0.126 e. The number of hydrogen-bond acceptors (Lipinski definition) is 2. The zero-order chi connectivity index (χ0) is 11.8. The maximum Gasteiger partial charge on any atom is 0.126 e. The summed E-state index contributed by atoms with van der Waals surface area (Å²) in [5.41, 5.74) is -0.371. The van der Waals surface area contributed by atoms with Crippen LogP contribution in [0.5, 0.6) is 0 Å². The first-order valence-corrected chi connectivity index (χ1v) is 5.28. The first-order valence-electron chi connectivity index (χ1n) is 5.28. The highest BCUT2D eigenvalue weighted by Gasteiger charge is 2.34. The van der Waals surface area contributed by atoms with Crippen molar-refractivity contribution in [1.82, 2.24) is 0 Å². The standard InChI is InChI=1S/C12H14F2O2/c1-12(7-11(15)2-3-16-12)8-4-9(13)6-10(14)5-8/h4-6,11,15H,2-3,7H2,1H3. The molecule has 1 aromatic carbocycles. The van der Waals surface area contributed by atoms with Crippen molar-refractivity contribution >= 4 is 0 Å². The first kappa shape index (κ1) is 11.5. The Balaban J connectivity index is 2.34.